The number of fused-ring (bicyclic) bond motifs is 3. The molecule has 0 aliphatic carbocycles. The normalized spacial score (nSPS) is 14.1. The summed E-state index contributed by atoms with van der Waals surface area (Å²) in [4.78, 5) is 23.0. The summed E-state index contributed by atoms with van der Waals surface area (Å²) in [5.74, 6) is 1.08. The van der Waals surface area contributed by atoms with Crippen LogP contribution in [0.4, 0.5) is 5.69 Å². The van der Waals surface area contributed by atoms with Gasteiger partial charge in [-0.3, -0.25) is 10.1 Å². The zero-order valence-electron chi connectivity index (χ0n) is 21.4. The molecule has 0 saturated heterocycles. The fourth-order valence-corrected chi connectivity index (χ4v) is 4.65. The Kier molecular flexibility index (Phi) is 8.12. The van der Waals surface area contributed by atoms with Crippen molar-refractivity contribution < 1.29 is 34.4 Å². The fourth-order valence-electron chi connectivity index (χ4n) is 4.65. The van der Waals surface area contributed by atoms with Crippen molar-refractivity contribution in [3.05, 3.63) is 93.2 Å². The van der Waals surface area contributed by atoms with Gasteiger partial charge in [0.05, 0.1) is 31.4 Å². The number of nitrogens with two attached hydrogens (primary N) is 1. The zero-order valence-corrected chi connectivity index (χ0v) is 21.4. The first-order chi connectivity index (χ1) is 18.3. The number of hydrogen-bond donors (Lipinski definition) is 2. The van der Waals surface area contributed by atoms with Crippen LogP contribution in [0.3, 0.4) is 0 Å². The van der Waals surface area contributed by atoms with Gasteiger partial charge in [-0.2, -0.15) is 0 Å². The molecule has 0 spiro atoms. The van der Waals surface area contributed by atoms with Crippen LogP contribution in [-0.2, 0) is 17.8 Å². The van der Waals surface area contributed by atoms with Crippen molar-refractivity contribution in [3.8, 4) is 17.2 Å². The molecule has 0 amide bonds. The van der Waals surface area contributed by atoms with Crippen molar-refractivity contribution in [2.75, 3.05) is 20.8 Å². The molecule has 1 aromatic heterocycles. The molecule has 4 aromatic rings. The molecule has 3 aromatic carbocycles. The molecule has 5 rings (SSSR count). The number of carboxylic acid groups (broad SMARTS) is 1. The number of aromatic amines is 1. The van der Waals surface area contributed by atoms with Crippen LogP contribution in [0.1, 0.15) is 35.3 Å². The third-order valence-corrected chi connectivity index (χ3v) is 6.36. The van der Waals surface area contributed by atoms with Gasteiger partial charge in [0.2, 0.25) is 0 Å². The van der Waals surface area contributed by atoms with E-state index in [4.69, 9.17) is 24.1 Å². The van der Waals surface area contributed by atoms with Crippen LogP contribution in [0.5, 0.6) is 17.2 Å². The number of ether oxygens (including phenoxy) is 3. The van der Waals surface area contributed by atoms with Gasteiger partial charge in [0.25, 0.3) is 5.69 Å². The maximum atomic E-state index is 10.9. The van der Waals surface area contributed by atoms with Gasteiger partial charge in [0, 0.05) is 46.6 Å². The average molecular weight is 520 g/mol. The van der Waals surface area contributed by atoms with Gasteiger partial charge < -0.3 is 34.4 Å². The molecule has 1 aliphatic heterocycles. The number of rotatable bonds is 7. The highest BCUT2D eigenvalue weighted by Crippen LogP contribution is 2.34. The van der Waals surface area contributed by atoms with E-state index in [9.17, 15) is 10.1 Å². The molecule has 10 heteroatoms. The first-order valence-corrected chi connectivity index (χ1v) is 12.0. The van der Waals surface area contributed by atoms with E-state index in [2.05, 4.69) is 34.6 Å². The Morgan fingerprint density at radius 1 is 1.05 bits per heavy atom. The number of nitrogens with zero attached hydrogens (tertiary/aromatic N) is 1. The van der Waals surface area contributed by atoms with E-state index >= 15 is 0 Å². The predicted octanol–water partition coefficient (Wildman–Crippen LogP) is 2.64. The topological polar surface area (TPSA) is 143 Å². The van der Waals surface area contributed by atoms with Crippen LogP contribution in [0.25, 0.3) is 10.9 Å². The Hall–Kier alpha value is -4.57. The number of aromatic nitrogens is 1. The Labute approximate surface area is 219 Å². The molecule has 1 atom stereocenters. The number of nitrogens with one attached hydrogen (secondary N) is 1. The van der Waals surface area contributed by atoms with Crippen LogP contribution >= 0.6 is 0 Å². The minimum atomic E-state index is -1.08. The lowest BCUT2D eigenvalue weighted by atomic mass is 9.93. The monoisotopic (exact) mass is 519 g/mol. The molecule has 10 nitrogen and oxygen atoms in total. The van der Waals surface area contributed by atoms with Crippen LogP contribution in [0.15, 0.2) is 60.7 Å². The maximum Gasteiger partial charge on any atom is 0.269 e. The van der Waals surface area contributed by atoms with Crippen LogP contribution in [0, 0.1) is 10.1 Å². The van der Waals surface area contributed by atoms with Crippen molar-refractivity contribution in [1.82, 2.24) is 4.98 Å². The molecule has 1 aliphatic rings. The van der Waals surface area contributed by atoms with E-state index in [0.29, 0.717) is 5.75 Å². The number of quaternary nitrogens is 1. The van der Waals surface area contributed by atoms with Crippen LogP contribution in [-0.4, -0.2) is 36.6 Å². The lowest BCUT2D eigenvalue weighted by Crippen LogP contribution is -2.87. The first-order valence-electron chi connectivity index (χ1n) is 12.0. The van der Waals surface area contributed by atoms with Crippen molar-refractivity contribution in [1.29, 1.82) is 0 Å². The van der Waals surface area contributed by atoms with Crippen molar-refractivity contribution >= 4 is 22.6 Å². The predicted molar refractivity (Wildman–Crippen MR) is 138 cm³/mol. The summed E-state index contributed by atoms with van der Waals surface area (Å²) >= 11 is 0. The number of aliphatic carboxylic acids is 1. The number of hydrogen-bond acceptors (Lipinski definition) is 7. The molecular formula is C28H29N3O7. The highest BCUT2D eigenvalue weighted by Gasteiger charge is 2.29. The number of carbonyl (C=O) groups excluding carboxylic acids is 1. The zero-order chi connectivity index (χ0) is 27.2. The minimum absolute atomic E-state index is 0.0338. The molecule has 0 fully saturated rings. The van der Waals surface area contributed by atoms with E-state index in [-0.39, 0.29) is 18.3 Å². The molecule has 2 heterocycles. The molecule has 3 N–H and O–H groups in total. The highest BCUT2D eigenvalue weighted by atomic mass is 16.6. The lowest BCUT2D eigenvalue weighted by molar-refractivity contribution is -0.690. The molecule has 1 unspecified atom stereocenters. The smallest absolute Gasteiger partial charge is 0.269 e. The van der Waals surface area contributed by atoms with E-state index in [0.717, 1.165) is 48.0 Å². The summed E-state index contributed by atoms with van der Waals surface area (Å²) in [6.07, 6.45) is 0.991. The van der Waals surface area contributed by atoms with Gasteiger partial charge in [-0.15, -0.1) is 0 Å². The second-order valence-electron chi connectivity index (χ2n) is 8.78. The van der Waals surface area contributed by atoms with Crippen LogP contribution in [0.2, 0.25) is 0 Å². The van der Waals surface area contributed by atoms with Gasteiger partial charge >= 0.3 is 0 Å². The number of H-pyrrole nitrogens is 1. The van der Waals surface area contributed by atoms with Gasteiger partial charge in [-0.25, -0.2) is 0 Å². The van der Waals surface area contributed by atoms with Crippen molar-refractivity contribution in [2.24, 2.45) is 0 Å². The molecule has 0 saturated carbocycles. The van der Waals surface area contributed by atoms with Crippen LogP contribution < -0.4 is 24.6 Å². The Morgan fingerprint density at radius 2 is 1.76 bits per heavy atom. The fraction of sp³-hybridized carbons (Fsp3) is 0.250. The van der Waals surface area contributed by atoms with Crippen molar-refractivity contribution in [2.45, 2.75) is 26.0 Å². The third kappa shape index (κ3) is 5.87. The Bertz CT molecular complexity index is 1440. The van der Waals surface area contributed by atoms with E-state index < -0.39 is 10.9 Å². The second kappa shape index (κ2) is 11.7. The first kappa shape index (κ1) is 26.5. The van der Waals surface area contributed by atoms with Gasteiger partial charge in [0.15, 0.2) is 6.04 Å². The lowest BCUT2D eigenvalue weighted by Gasteiger charge is -2.22. The van der Waals surface area contributed by atoms with Gasteiger partial charge in [-0.05, 0) is 61.0 Å². The second-order valence-corrected chi connectivity index (χ2v) is 8.78. The SMILES string of the molecule is CC(=O)[O-].COc1ccc2[nH]c3c(c2c1)CC[NH2+]C3c1ccc(OC)c(COc2ccc([N+](=O)[O-])cc2)c1. The molecule has 0 radical (unpaired) electrons. The number of carbonyl (C=O) groups is 1. The number of methoxy groups -OCH3 is 2. The molecular weight excluding hydrogens is 490 g/mol. The molecule has 0 bridgehead atoms. The Balaban J connectivity index is 0.000000786. The number of carboxylic acids is 1. The van der Waals surface area contributed by atoms with E-state index in [1.165, 1.54) is 28.8 Å². The minimum Gasteiger partial charge on any atom is -0.550 e. The summed E-state index contributed by atoms with van der Waals surface area (Å²) in [7, 11) is 3.33. The summed E-state index contributed by atoms with van der Waals surface area (Å²) in [6, 6.07) is 18.5. The van der Waals surface area contributed by atoms with E-state index in [1.54, 1.807) is 26.4 Å². The summed E-state index contributed by atoms with van der Waals surface area (Å²) in [6.45, 7) is 2.25. The molecule has 38 heavy (non-hydrogen) atoms. The van der Waals surface area contributed by atoms with Gasteiger partial charge in [0.1, 0.15) is 23.9 Å². The standard InChI is InChI=1S/C26H25N3O5.C2H4O2/c1-32-20-8-9-23-22(14-20)21-11-12-27-25(26(21)28-23)16-3-10-24(33-2)17(13-16)15-34-19-6-4-18(5-7-19)29(30)31;1-2(3)4/h3-10,13-14,25,27-28H,11-12,15H2,1-2H3;1H3,(H,3,4). The third-order valence-electron chi connectivity index (χ3n) is 6.36. The van der Waals surface area contributed by atoms with Crippen molar-refractivity contribution in [3.63, 3.8) is 0 Å². The van der Waals surface area contributed by atoms with Gasteiger partial charge in [-0.1, -0.05) is 0 Å². The quantitative estimate of drug-likeness (QED) is 0.282. The Morgan fingerprint density at radius 3 is 2.42 bits per heavy atom. The molecule has 198 valence electrons. The maximum absolute atomic E-state index is 10.9. The number of non-ortho nitro benzene ring substituents is 1. The summed E-state index contributed by atoms with van der Waals surface area (Å²) in [5.41, 5.74) is 5.76. The number of nitro benzene ring substituents is 1. The van der Waals surface area contributed by atoms with E-state index in [1.807, 2.05) is 12.1 Å². The summed E-state index contributed by atoms with van der Waals surface area (Å²) < 4.78 is 16.9. The average Bonchev–Trinajstić information content (AvgIpc) is 3.29. The highest BCUT2D eigenvalue weighted by molar-refractivity contribution is 5.86. The summed E-state index contributed by atoms with van der Waals surface area (Å²) in [5, 5.41) is 23.3. The largest absolute Gasteiger partial charge is 0.550 e. The number of nitro groups is 1. The number of benzene rings is 3.